The van der Waals surface area contributed by atoms with Crippen molar-refractivity contribution in [2.24, 2.45) is 5.10 Å². The fourth-order valence-corrected chi connectivity index (χ4v) is 2.72. The topological polar surface area (TPSA) is 58.5 Å². The lowest BCUT2D eigenvalue weighted by molar-refractivity contribution is 0.0950. The van der Waals surface area contributed by atoms with Crippen LogP contribution in [0.3, 0.4) is 0 Å². The number of amides is 1. The summed E-state index contributed by atoms with van der Waals surface area (Å²) in [6, 6.07) is 25.8. The Balaban J connectivity index is 1.84. The SMILES string of the molecule is Cc1ccccc1C(=O)NN=C(CC(=O)c1ccccc1)c1ccccc1. The number of ketones is 1. The number of hydrogen-bond acceptors (Lipinski definition) is 3. The summed E-state index contributed by atoms with van der Waals surface area (Å²) in [5.74, 6) is -0.350. The zero-order valence-corrected chi connectivity index (χ0v) is 15.1. The molecule has 0 aliphatic heterocycles. The molecule has 4 heteroatoms. The first-order chi connectivity index (χ1) is 13.1. The fraction of sp³-hybridized carbons (Fsp3) is 0.0870. The van der Waals surface area contributed by atoms with Gasteiger partial charge in [-0.3, -0.25) is 9.59 Å². The van der Waals surface area contributed by atoms with Crippen LogP contribution < -0.4 is 5.43 Å². The van der Waals surface area contributed by atoms with Gasteiger partial charge in [0.2, 0.25) is 0 Å². The van der Waals surface area contributed by atoms with Crippen molar-refractivity contribution in [2.45, 2.75) is 13.3 Å². The summed E-state index contributed by atoms with van der Waals surface area (Å²) >= 11 is 0. The first kappa shape index (κ1) is 18.3. The molecule has 27 heavy (non-hydrogen) atoms. The van der Waals surface area contributed by atoms with Crippen LogP contribution in [0, 0.1) is 6.92 Å². The fourth-order valence-electron chi connectivity index (χ4n) is 2.72. The molecule has 0 aliphatic carbocycles. The van der Waals surface area contributed by atoms with Gasteiger partial charge in [0.15, 0.2) is 5.78 Å². The van der Waals surface area contributed by atoms with E-state index in [1.807, 2.05) is 73.7 Å². The maximum Gasteiger partial charge on any atom is 0.271 e. The van der Waals surface area contributed by atoms with Crippen LogP contribution in [0.1, 0.15) is 38.3 Å². The molecule has 3 aromatic carbocycles. The Bertz CT molecular complexity index is 964. The van der Waals surface area contributed by atoms with Crippen LogP contribution in [0.4, 0.5) is 0 Å². The second kappa shape index (κ2) is 8.72. The van der Waals surface area contributed by atoms with Crippen molar-refractivity contribution >= 4 is 17.4 Å². The number of Topliss-reactive ketones (excluding diaryl/α,β-unsaturated/α-hetero) is 1. The normalized spacial score (nSPS) is 11.1. The van der Waals surface area contributed by atoms with E-state index in [0.717, 1.165) is 11.1 Å². The van der Waals surface area contributed by atoms with E-state index in [-0.39, 0.29) is 18.1 Å². The molecule has 3 rings (SSSR count). The quantitative estimate of drug-likeness (QED) is 0.404. The van der Waals surface area contributed by atoms with E-state index in [1.165, 1.54) is 0 Å². The predicted octanol–water partition coefficient (Wildman–Crippen LogP) is 4.40. The first-order valence-corrected chi connectivity index (χ1v) is 8.71. The van der Waals surface area contributed by atoms with Crippen molar-refractivity contribution < 1.29 is 9.59 Å². The lowest BCUT2D eigenvalue weighted by Gasteiger charge is -2.08. The summed E-state index contributed by atoms with van der Waals surface area (Å²) < 4.78 is 0. The molecule has 0 heterocycles. The number of hydrogen-bond donors (Lipinski definition) is 1. The third-order valence-corrected chi connectivity index (χ3v) is 4.21. The van der Waals surface area contributed by atoms with Gasteiger partial charge in [0.25, 0.3) is 5.91 Å². The Labute approximate surface area is 158 Å². The minimum absolute atomic E-state index is 0.0525. The van der Waals surface area contributed by atoms with Gasteiger partial charge >= 0.3 is 0 Å². The molecule has 0 spiro atoms. The number of nitrogens with one attached hydrogen (secondary N) is 1. The molecule has 0 aliphatic rings. The van der Waals surface area contributed by atoms with Gasteiger partial charge in [-0.25, -0.2) is 5.43 Å². The van der Waals surface area contributed by atoms with Crippen LogP contribution in [0.2, 0.25) is 0 Å². The highest BCUT2D eigenvalue weighted by Gasteiger charge is 2.13. The van der Waals surface area contributed by atoms with E-state index in [1.54, 1.807) is 18.2 Å². The van der Waals surface area contributed by atoms with Crippen LogP contribution >= 0.6 is 0 Å². The van der Waals surface area contributed by atoms with Gasteiger partial charge in [0.1, 0.15) is 0 Å². The van der Waals surface area contributed by atoms with E-state index < -0.39 is 0 Å². The number of hydrazone groups is 1. The molecule has 0 atom stereocenters. The summed E-state index contributed by atoms with van der Waals surface area (Å²) in [4.78, 5) is 25.1. The molecular weight excluding hydrogens is 336 g/mol. The number of carbonyl (C=O) groups excluding carboxylic acids is 2. The van der Waals surface area contributed by atoms with E-state index in [0.29, 0.717) is 16.8 Å². The zero-order chi connectivity index (χ0) is 19.1. The summed E-state index contributed by atoms with van der Waals surface area (Å²) in [6.07, 6.45) is 0.0993. The molecule has 3 aromatic rings. The lowest BCUT2D eigenvalue weighted by atomic mass is 10.0. The van der Waals surface area contributed by atoms with Crippen LogP contribution in [0.25, 0.3) is 0 Å². The standard InChI is InChI=1S/C23H20N2O2/c1-17-10-8-9-15-20(17)23(27)25-24-21(18-11-4-2-5-12-18)16-22(26)19-13-6-3-7-14-19/h2-15H,16H2,1H3,(H,25,27). The Morgan fingerprint density at radius 2 is 1.33 bits per heavy atom. The summed E-state index contributed by atoms with van der Waals surface area (Å²) in [7, 11) is 0. The lowest BCUT2D eigenvalue weighted by Crippen LogP contribution is -2.22. The Morgan fingerprint density at radius 1 is 0.778 bits per heavy atom. The summed E-state index contributed by atoms with van der Waals surface area (Å²) in [6.45, 7) is 1.87. The van der Waals surface area contributed by atoms with Gasteiger partial charge in [0.05, 0.1) is 12.1 Å². The molecule has 1 amide bonds. The Hall–Kier alpha value is -3.53. The maximum absolute atomic E-state index is 12.6. The number of benzene rings is 3. The zero-order valence-electron chi connectivity index (χ0n) is 15.1. The van der Waals surface area contributed by atoms with Crippen molar-refractivity contribution in [3.63, 3.8) is 0 Å². The average molecular weight is 356 g/mol. The van der Waals surface area contributed by atoms with Crippen molar-refractivity contribution in [1.29, 1.82) is 0 Å². The number of aryl methyl sites for hydroxylation is 1. The van der Waals surface area contributed by atoms with Crippen LogP contribution in [0.5, 0.6) is 0 Å². The average Bonchev–Trinajstić information content (AvgIpc) is 2.72. The number of nitrogens with zero attached hydrogens (tertiary/aromatic N) is 1. The van der Waals surface area contributed by atoms with E-state index in [2.05, 4.69) is 10.5 Å². The minimum atomic E-state index is -0.298. The van der Waals surface area contributed by atoms with E-state index in [9.17, 15) is 9.59 Å². The van der Waals surface area contributed by atoms with Crippen LogP contribution in [-0.2, 0) is 0 Å². The van der Waals surface area contributed by atoms with E-state index in [4.69, 9.17) is 0 Å². The summed E-state index contributed by atoms with van der Waals surface area (Å²) in [5, 5.41) is 4.27. The van der Waals surface area contributed by atoms with Crippen LogP contribution in [0.15, 0.2) is 90.0 Å². The highest BCUT2D eigenvalue weighted by molar-refractivity contribution is 6.16. The van der Waals surface area contributed by atoms with Gasteiger partial charge < -0.3 is 0 Å². The Morgan fingerprint density at radius 3 is 1.96 bits per heavy atom. The Kier molecular flexibility index (Phi) is 5.90. The molecule has 0 saturated carbocycles. The molecular formula is C23H20N2O2. The first-order valence-electron chi connectivity index (χ1n) is 8.71. The summed E-state index contributed by atoms with van der Waals surface area (Å²) in [5.41, 5.74) is 5.95. The number of carbonyl (C=O) groups is 2. The smallest absolute Gasteiger partial charge is 0.271 e. The minimum Gasteiger partial charge on any atom is -0.294 e. The molecule has 4 nitrogen and oxygen atoms in total. The molecule has 1 N–H and O–H groups in total. The van der Waals surface area contributed by atoms with Crippen molar-refractivity contribution in [2.75, 3.05) is 0 Å². The highest BCUT2D eigenvalue weighted by atomic mass is 16.2. The molecule has 0 bridgehead atoms. The van der Waals surface area contributed by atoms with Crippen LogP contribution in [-0.4, -0.2) is 17.4 Å². The van der Waals surface area contributed by atoms with Crippen molar-refractivity contribution in [3.8, 4) is 0 Å². The predicted molar refractivity (Wildman–Crippen MR) is 107 cm³/mol. The van der Waals surface area contributed by atoms with Crippen molar-refractivity contribution in [3.05, 3.63) is 107 Å². The van der Waals surface area contributed by atoms with Gasteiger partial charge in [-0.1, -0.05) is 78.9 Å². The molecule has 0 saturated heterocycles. The molecule has 134 valence electrons. The molecule has 0 aromatic heterocycles. The van der Waals surface area contributed by atoms with Gasteiger partial charge in [-0.15, -0.1) is 0 Å². The van der Waals surface area contributed by atoms with Gasteiger partial charge in [-0.2, -0.15) is 5.10 Å². The van der Waals surface area contributed by atoms with Gasteiger partial charge in [-0.05, 0) is 24.1 Å². The third kappa shape index (κ3) is 4.76. The molecule has 0 radical (unpaired) electrons. The van der Waals surface area contributed by atoms with Gasteiger partial charge in [0, 0.05) is 11.1 Å². The largest absolute Gasteiger partial charge is 0.294 e. The molecule has 0 fully saturated rings. The highest BCUT2D eigenvalue weighted by Crippen LogP contribution is 2.11. The second-order valence-corrected chi connectivity index (χ2v) is 6.15. The van der Waals surface area contributed by atoms with E-state index >= 15 is 0 Å². The third-order valence-electron chi connectivity index (χ3n) is 4.21. The monoisotopic (exact) mass is 356 g/mol. The van der Waals surface area contributed by atoms with Crippen molar-refractivity contribution in [1.82, 2.24) is 5.43 Å². The maximum atomic E-state index is 12.6. The second-order valence-electron chi connectivity index (χ2n) is 6.15. The molecule has 0 unspecified atom stereocenters. The number of rotatable bonds is 6.